The van der Waals surface area contributed by atoms with E-state index in [-0.39, 0.29) is 0 Å². The maximum Gasteiger partial charge on any atom is 0.178 e. The molecule has 0 aliphatic carbocycles. The van der Waals surface area contributed by atoms with Crippen molar-refractivity contribution in [2.45, 2.75) is 0 Å². The summed E-state index contributed by atoms with van der Waals surface area (Å²) in [5.41, 5.74) is 11.4. The highest BCUT2D eigenvalue weighted by atomic mass is 15.1. The molecule has 228 valence electrons. The summed E-state index contributed by atoms with van der Waals surface area (Å²) in [6, 6.07) is 62.6. The Morgan fingerprint density at radius 3 is 1.06 bits per heavy atom. The minimum absolute atomic E-state index is 0.617. The summed E-state index contributed by atoms with van der Waals surface area (Å²) in [5.74, 6) is 0. The predicted octanol–water partition coefficient (Wildman–Crippen LogP) is 11.3. The monoisotopic (exact) mass is 617 g/mol. The summed E-state index contributed by atoms with van der Waals surface area (Å²) in [5, 5.41) is 0. The van der Waals surface area contributed by atoms with Crippen LogP contribution in [0.15, 0.2) is 188 Å². The third kappa shape index (κ3) is 5.77. The zero-order chi connectivity index (χ0) is 32.1. The lowest BCUT2D eigenvalue weighted by Gasteiger charge is -2.26. The van der Waals surface area contributed by atoms with Gasteiger partial charge in [-0.05, 0) is 84.9 Å². The molecule has 6 aromatic carbocycles. The van der Waals surface area contributed by atoms with Crippen LogP contribution in [0.25, 0.3) is 33.7 Å². The second-order valence-corrected chi connectivity index (χ2v) is 11.4. The van der Waals surface area contributed by atoms with Crippen LogP contribution in [-0.2, 0) is 0 Å². The van der Waals surface area contributed by atoms with E-state index in [4.69, 9.17) is 9.97 Å². The van der Waals surface area contributed by atoms with Gasteiger partial charge in [0, 0.05) is 51.4 Å². The van der Waals surface area contributed by atoms with Gasteiger partial charge in [-0.2, -0.15) is 0 Å². The largest absolute Gasteiger partial charge is 0.311 e. The molecule has 0 aliphatic rings. The standard InChI is InChI=1S/C43H31N5/c1-5-14-34(15-6-1)47(35-16-7-2-8-17-35)38-27-23-32(24-28-38)41-42(46-43-40(45-41)22-13-31-44-43)33-25-29-39(30-26-33)48(36-18-9-3-10-19-36)37-20-11-4-12-21-37/h1-31H. The fourth-order valence-corrected chi connectivity index (χ4v) is 6.04. The van der Waals surface area contributed by atoms with Crippen molar-refractivity contribution >= 4 is 45.3 Å². The summed E-state index contributed by atoms with van der Waals surface area (Å²) in [4.78, 5) is 19.2. The van der Waals surface area contributed by atoms with Gasteiger partial charge in [-0.3, -0.25) is 0 Å². The van der Waals surface area contributed by atoms with E-state index in [2.05, 4.69) is 160 Å². The molecule has 0 unspecified atom stereocenters. The van der Waals surface area contributed by atoms with Crippen LogP contribution >= 0.6 is 0 Å². The predicted molar refractivity (Wildman–Crippen MR) is 198 cm³/mol. The van der Waals surface area contributed by atoms with Crippen molar-refractivity contribution in [2.24, 2.45) is 0 Å². The molecule has 5 heteroatoms. The van der Waals surface area contributed by atoms with E-state index in [1.807, 2.05) is 36.4 Å². The molecule has 0 N–H and O–H groups in total. The van der Waals surface area contributed by atoms with Crippen molar-refractivity contribution in [3.63, 3.8) is 0 Å². The van der Waals surface area contributed by atoms with Gasteiger partial charge in [0.15, 0.2) is 5.65 Å². The van der Waals surface area contributed by atoms with Crippen molar-refractivity contribution < 1.29 is 0 Å². The van der Waals surface area contributed by atoms with Crippen molar-refractivity contribution in [3.05, 3.63) is 188 Å². The Balaban J connectivity index is 1.20. The van der Waals surface area contributed by atoms with E-state index in [0.29, 0.717) is 5.65 Å². The van der Waals surface area contributed by atoms with E-state index in [1.54, 1.807) is 6.20 Å². The maximum absolute atomic E-state index is 5.12. The minimum atomic E-state index is 0.617. The first-order valence-electron chi connectivity index (χ1n) is 16.0. The Hall–Kier alpha value is -6.59. The maximum atomic E-state index is 5.12. The average Bonchev–Trinajstić information content (AvgIpc) is 3.17. The van der Waals surface area contributed by atoms with Gasteiger partial charge < -0.3 is 9.80 Å². The molecule has 0 spiro atoms. The van der Waals surface area contributed by atoms with Gasteiger partial charge in [-0.15, -0.1) is 0 Å². The third-order valence-corrected chi connectivity index (χ3v) is 8.30. The molecular weight excluding hydrogens is 587 g/mol. The van der Waals surface area contributed by atoms with Crippen LogP contribution in [0, 0.1) is 0 Å². The number of para-hydroxylation sites is 4. The number of anilines is 6. The van der Waals surface area contributed by atoms with Crippen LogP contribution in [0.5, 0.6) is 0 Å². The number of benzene rings is 6. The van der Waals surface area contributed by atoms with Gasteiger partial charge >= 0.3 is 0 Å². The first-order valence-corrected chi connectivity index (χ1v) is 16.0. The Bertz CT molecular complexity index is 2010. The Morgan fingerprint density at radius 1 is 0.312 bits per heavy atom. The normalized spacial score (nSPS) is 10.9. The van der Waals surface area contributed by atoms with Crippen molar-refractivity contribution in [1.29, 1.82) is 0 Å². The van der Waals surface area contributed by atoms with Crippen LogP contribution in [0.4, 0.5) is 34.1 Å². The van der Waals surface area contributed by atoms with E-state index < -0.39 is 0 Å². The van der Waals surface area contributed by atoms with Crippen LogP contribution < -0.4 is 9.80 Å². The molecule has 0 fully saturated rings. The van der Waals surface area contributed by atoms with Crippen LogP contribution in [0.3, 0.4) is 0 Å². The number of hydrogen-bond donors (Lipinski definition) is 0. The van der Waals surface area contributed by atoms with Crippen molar-refractivity contribution in [3.8, 4) is 22.5 Å². The first-order chi connectivity index (χ1) is 23.8. The molecule has 8 rings (SSSR count). The third-order valence-electron chi connectivity index (χ3n) is 8.30. The van der Waals surface area contributed by atoms with E-state index in [1.165, 1.54) is 0 Å². The van der Waals surface area contributed by atoms with Gasteiger partial charge in [0.2, 0.25) is 0 Å². The zero-order valence-electron chi connectivity index (χ0n) is 26.1. The minimum Gasteiger partial charge on any atom is -0.311 e. The Kier molecular flexibility index (Phi) is 7.83. The Labute approximate surface area is 280 Å². The topological polar surface area (TPSA) is 45.2 Å². The summed E-state index contributed by atoms with van der Waals surface area (Å²) < 4.78 is 0. The highest BCUT2D eigenvalue weighted by Crippen LogP contribution is 2.39. The van der Waals surface area contributed by atoms with Crippen LogP contribution in [0.2, 0.25) is 0 Å². The van der Waals surface area contributed by atoms with E-state index in [0.717, 1.165) is 62.2 Å². The number of rotatable bonds is 8. The van der Waals surface area contributed by atoms with Gasteiger partial charge in [-0.1, -0.05) is 97.1 Å². The zero-order valence-corrected chi connectivity index (χ0v) is 26.1. The quantitative estimate of drug-likeness (QED) is 0.170. The summed E-state index contributed by atoms with van der Waals surface area (Å²) >= 11 is 0. The second kappa shape index (κ2) is 13.0. The molecule has 0 radical (unpaired) electrons. The van der Waals surface area contributed by atoms with E-state index in [9.17, 15) is 0 Å². The number of fused-ring (bicyclic) bond motifs is 1. The smallest absolute Gasteiger partial charge is 0.178 e. The average molecular weight is 618 g/mol. The van der Waals surface area contributed by atoms with Crippen molar-refractivity contribution in [1.82, 2.24) is 15.0 Å². The molecule has 2 heterocycles. The number of hydrogen-bond acceptors (Lipinski definition) is 5. The van der Waals surface area contributed by atoms with Crippen LogP contribution in [-0.4, -0.2) is 15.0 Å². The summed E-state index contributed by atoms with van der Waals surface area (Å²) in [7, 11) is 0. The second-order valence-electron chi connectivity index (χ2n) is 11.4. The lowest BCUT2D eigenvalue weighted by molar-refractivity contribution is 1.22. The molecule has 0 aliphatic heterocycles. The first kappa shape index (κ1) is 28.9. The number of aromatic nitrogens is 3. The lowest BCUT2D eigenvalue weighted by atomic mass is 10.0. The fourth-order valence-electron chi connectivity index (χ4n) is 6.04. The molecule has 0 atom stereocenters. The van der Waals surface area contributed by atoms with Gasteiger partial charge in [0.05, 0.1) is 11.4 Å². The summed E-state index contributed by atoms with van der Waals surface area (Å²) in [6.07, 6.45) is 1.76. The van der Waals surface area contributed by atoms with Crippen LogP contribution in [0.1, 0.15) is 0 Å². The molecule has 8 aromatic rings. The highest BCUT2D eigenvalue weighted by Gasteiger charge is 2.18. The molecule has 0 saturated carbocycles. The summed E-state index contributed by atoms with van der Waals surface area (Å²) in [6.45, 7) is 0. The van der Waals surface area contributed by atoms with Crippen molar-refractivity contribution in [2.75, 3.05) is 9.80 Å². The molecular formula is C43H31N5. The van der Waals surface area contributed by atoms with Gasteiger partial charge in [-0.25, -0.2) is 15.0 Å². The number of nitrogens with zero attached hydrogens (tertiary/aromatic N) is 5. The molecule has 0 bridgehead atoms. The molecule has 0 saturated heterocycles. The molecule has 48 heavy (non-hydrogen) atoms. The molecule has 0 amide bonds. The molecule has 2 aromatic heterocycles. The van der Waals surface area contributed by atoms with E-state index >= 15 is 0 Å². The number of pyridine rings is 1. The van der Waals surface area contributed by atoms with Gasteiger partial charge in [0.1, 0.15) is 5.52 Å². The Morgan fingerprint density at radius 2 is 0.667 bits per heavy atom. The lowest BCUT2D eigenvalue weighted by Crippen LogP contribution is -2.09. The highest BCUT2D eigenvalue weighted by molar-refractivity contribution is 5.87. The fraction of sp³-hybridized carbons (Fsp3) is 0. The SMILES string of the molecule is c1ccc(N(c2ccccc2)c2ccc(-c3nc4cccnc4nc3-c3ccc(N(c4ccccc4)c4ccccc4)cc3)cc2)cc1. The molecule has 5 nitrogen and oxygen atoms in total. The van der Waals surface area contributed by atoms with Gasteiger partial charge in [0.25, 0.3) is 0 Å².